The van der Waals surface area contributed by atoms with Crippen LogP contribution < -0.4 is 60.2 Å². The smallest absolute Gasteiger partial charge is 0.407 e. The molecule has 10 unspecified atom stereocenters. The molecule has 0 aliphatic heterocycles. The minimum atomic E-state index is -1.24. The van der Waals surface area contributed by atoms with Crippen molar-refractivity contribution in [2.24, 2.45) is 40.7 Å². The summed E-state index contributed by atoms with van der Waals surface area (Å²) < 4.78 is 26.5. The number of carbonyl (C=O) groups is 12. The fourth-order valence-corrected chi connectivity index (χ4v) is 20.5. The summed E-state index contributed by atoms with van der Waals surface area (Å²) in [6.45, 7) is 6.05. The van der Waals surface area contributed by atoms with Crippen molar-refractivity contribution >= 4 is 181 Å². The van der Waals surface area contributed by atoms with Crippen LogP contribution >= 0.6 is 86.4 Å². The third-order valence-corrected chi connectivity index (χ3v) is 28.6. The van der Waals surface area contributed by atoms with E-state index in [0.29, 0.717) is 116 Å². The van der Waals surface area contributed by atoms with Gasteiger partial charge in [0.15, 0.2) is 20.1 Å². The number of amides is 7. The number of hydrogen-bond donors (Lipinski definition) is 15. The van der Waals surface area contributed by atoms with Crippen molar-refractivity contribution in [1.29, 1.82) is 0 Å². The number of alkyl carbamates (subject to hydrolysis) is 3. The molecule has 0 saturated heterocycles. The molecule has 0 aromatic carbocycles. The maximum absolute atomic E-state index is 12.5. The van der Waals surface area contributed by atoms with E-state index in [-0.39, 0.29) is 162 Å². The van der Waals surface area contributed by atoms with Crippen LogP contribution in [0.5, 0.6) is 0 Å². The molecule has 7 amide bonds. The Kier molecular flexibility index (Phi) is 63.7. The monoisotopic (exact) mass is 2080 g/mol. The number of pyridine rings is 4. The first-order valence-corrected chi connectivity index (χ1v) is 52.9. The number of nitrogens with two attached hydrogens (primary N) is 4. The lowest BCUT2D eigenvalue weighted by molar-refractivity contribution is -0.388. The highest BCUT2D eigenvalue weighted by molar-refractivity contribution is 8.77. The highest BCUT2D eigenvalue weighted by Gasteiger charge is 2.29. The Morgan fingerprint density at radius 2 is 0.657 bits per heavy atom. The molecule has 4 rings (SSSR count). The summed E-state index contributed by atoms with van der Waals surface area (Å²) >= 11 is 0. The number of nitrogens with zero attached hydrogens (tertiary/aromatic N) is 8. The molecule has 0 aliphatic rings. The number of hydrogen-bond acceptors (Lipinski definition) is 41. The van der Waals surface area contributed by atoms with Gasteiger partial charge in [-0.2, -0.15) is 0 Å². The van der Waals surface area contributed by atoms with E-state index in [2.05, 4.69) is 57.2 Å². The number of nitro groups is 4. The van der Waals surface area contributed by atoms with Gasteiger partial charge in [-0.3, -0.25) is 69.2 Å². The Labute approximate surface area is 821 Å². The standard InChI is InChI=1S/C42H63N9O15S4.C39H58N10O14S4/c1-2-64-25-28(13-11-23-66-42(59)49-32(41(57)58)15-4-7-19-46-37(54)31(44)27-68-70-39-34(51(62)63)17-10-21-48-39)12-5-8-22-65-35(52)24-29(40(55)56)14-3-6-18-45-36(53)30(43)26-67-69-38-33(50(60)61)16-9-20-47-38;1-25(12-10-22-63-39(57)47-29(37(54)55)14-3-6-18-43-33(51)27(41)24-65-67-35-31(49(60)61)16-9-20-45-35)11-4-7-21-62-38(56)46-28(36(52)53)13-2-5-17-42-32(50)26(40)23-64-66-34-30(48(58)59)15-8-19-44-34/h9-10,16-17,20-21,28-32H,2-8,11-15,18-19,22-27,43-44H2,1H3,(H,45,53)(H,46,54)(H,49,59)(H,55,56)(H,57,58);8-9,15-16,19-20,25-29H,2-7,10-14,17-18,21-24,40-41H2,1H3,(H,42,50)(H,43,51)(H,46,56)(H,47,57)(H,52,53)(H,54,55). The van der Waals surface area contributed by atoms with Crippen molar-refractivity contribution in [3.63, 3.8) is 0 Å². The van der Waals surface area contributed by atoms with Crippen LogP contribution in [-0.2, 0) is 66.8 Å². The minimum Gasteiger partial charge on any atom is -0.481 e. The van der Waals surface area contributed by atoms with E-state index in [0.717, 1.165) is 99.2 Å². The Morgan fingerprint density at radius 3 is 0.964 bits per heavy atom. The zero-order valence-corrected chi connectivity index (χ0v) is 82.0. The molecular weight excluding hydrogens is 1960 g/mol. The van der Waals surface area contributed by atoms with Gasteiger partial charge >= 0.3 is 70.9 Å². The molecule has 4 aromatic rings. The third kappa shape index (κ3) is 54.7. The average Bonchev–Trinajstić information content (AvgIpc) is 0.879. The van der Waals surface area contributed by atoms with Crippen LogP contribution in [0, 0.1) is 58.2 Å². The maximum atomic E-state index is 12.5. The van der Waals surface area contributed by atoms with Crippen molar-refractivity contribution in [3.8, 4) is 0 Å². The van der Waals surface area contributed by atoms with Crippen LogP contribution in [0.15, 0.2) is 93.4 Å². The molecule has 56 heteroatoms. The lowest BCUT2D eigenvalue weighted by Crippen LogP contribution is -2.43. The van der Waals surface area contributed by atoms with Gasteiger partial charge in [-0.25, -0.2) is 48.7 Å². The Bertz CT molecular complexity index is 4450. The summed E-state index contributed by atoms with van der Waals surface area (Å²) in [7, 11) is 8.79. The lowest BCUT2D eigenvalue weighted by atomic mass is 9.97. The number of esters is 1. The van der Waals surface area contributed by atoms with Crippen molar-refractivity contribution in [3.05, 3.63) is 114 Å². The summed E-state index contributed by atoms with van der Waals surface area (Å²) in [5, 5.41) is 101. The Hall–Kier alpha value is -10.2. The number of aliphatic carboxylic acids is 4. The minimum absolute atomic E-state index is 0.0392. The Balaban J connectivity index is 0.000000706. The molecule has 10 atom stereocenters. The number of unbranched alkanes of at least 4 members (excludes halogenated alkanes) is 6. The molecule has 137 heavy (non-hydrogen) atoms. The first kappa shape index (κ1) is 121. The fourth-order valence-electron chi connectivity index (χ4n) is 11.9. The van der Waals surface area contributed by atoms with Crippen LogP contribution in [-0.4, -0.2) is 263 Å². The SMILES string of the molecule is CC(CCCCOC(=O)NC(CCCCNC(=O)C(N)CSSc1ncccc1[N+](=O)[O-])C(=O)O)CCCOC(=O)NC(CCCCNC(=O)C(N)CSSc1ncccc1[N+](=O)[O-])C(=O)O.CCOCC(CCCCOC(=O)CC(CCCCNC(=O)C(N)CSSc1ncccc1[N+](=O)[O-])C(=O)O)CCCOC(=O)NC(CCCCNC(=O)C(N)CSSc1ncccc1[N+](=O)[O-])C(=O)O. The normalized spacial score (nSPS) is 13.2. The van der Waals surface area contributed by atoms with E-state index in [1.54, 1.807) is 0 Å². The van der Waals surface area contributed by atoms with Crippen LogP contribution in [0.4, 0.5) is 37.1 Å². The Morgan fingerprint density at radius 1 is 0.380 bits per heavy atom. The number of ether oxygens (including phenoxy) is 5. The van der Waals surface area contributed by atoms with Crippen molar-refractivity contribution in [1.82, 2.24) is 57.2 Å². The molecule has 0 aliphatic carbocycles. The number of rotatable bonds is 74. The van der Waals surface area contributed by atoms with Crippen molar-refractivity contribution < 1.29 is 121 Å². The third-order valence-electron chi connectivity index (χ3n) is 19.4. The van der Waals surface area contributed by atoms with Crippen LogP contribution in [0.25, 0.3) is 0 Å². The highest BCUT2D eigenvalue weighted by atomic mass is 33.1. The first-order valence-electron chi connectivity index (χ1n) is 43.7. The molecule has 0 bridgehead atoms. The van der Waals surface area contributed by atoms with E-state index in [9.17, 15) is 118 Å². The second kappa shape index (κ2) is 72.2. The summed E-state index contributed by atoms with van der Waals surface area (Å²) in [4.78, 5) is 204. The van der Waals surface area contributed by atoms with E-state index in [4.69, 9.17) is 46.6 Å². The number of carboxylic acid groups (broad SMARTS) is 4. The van der Waals surface area contributed by atoms with Crippen LogP contribution in [0.1, 0.15) is 162 Å². The van der Waals surface area contributed by atoms with Crippen molar-refractivity contribution in [2.45, 2.75) is 224 Å². The topological polar surface area (TPSA) is 744 Å². The predicted octanol–water partition coefficient (Wildman–Crippen LogP) is 9.76. The number of nitrogens with one attached hydrogen (secondary N) is 7. The zero-order chi connectivity index (χ0) is 101. The van der Waals surface area contributed by atoms with Gasteiger partial charge in [0.2, 0.25) is 23.6 Å². The van der Waals surface area contributed by atoms with Crippen LogP contribution in [0.3, 0.4) is 0 Å². The molecule has 4 aromatic heterocycles. The molecule has 19 N–H and O–H groups in total. The summed E-state index contributed by atoms with van der Waals surface area (Å²) in [6.07, 6.45) is 12.9. The number of carbonyl (C=O) groups excluding carboxylic acids is 8. The van der Waals surface area contributed by atoms with Crippen LogP contribution in [0.2, 0.25) is 0 Å². The van der Waals surface area contributed by atoms with Gasteiger partial charge in [0.1, 0.15) is 18.1 Å². The lowest BCUT2D eigenvalue weighted by Gasteiger charge is -2.18. The number of carboxylic acids is 4. The maximum Gasteiger partial charge on any atom is 0.407 e. The highest BCUT2D eigenvalue weighted by Crippen LogP contribution is 2.39. The molecular formula is C81H121N19O29S8. The molecule has 0 radical (unpaired) electrons. The fraction of sp³-hybridized carbons (Fsp3) is 0.605. The molecule has 0 spiro atoms. The summed E-state index contributed by atoms with van der Waals surface area (Å²) in [5.74, 6) is -7.13. The van der Waals surface area contributed by atoms with E-state index in [1.165, 1.54) is 73.3 Å². The summed E-state index contributed by atoms with van der Waals surface area (Å²) in [5.41, 5.74) is 23.1. The van der Waals surface area contributed by atoms with Gasteiger partial charge in [-0.1, -0.05) is 62.9 Å². The molecule has 0 saturated carbocycles. The molecule has 48 nitrogen and oxygen atoms in total. The second-order valence-electron chi connectivity index (χ2n) is 30.3. The molecule has 4 heterocycles. The van der Waals surface area contributed by atoms with E-state index >= 15 is 0 Å². The quantitative estimate of drug-likeness (QED) is 0.00488. The summed E-state index contributed by atoms with van der Waals surface area (Å²) in [6, 6.07) is 4.00. The van der Waals surface area contributed by atoms with E-state index in [1.807, 2.05) is 13.8 Å². The van der Waals surface area contributed by atoms with Gasteiger partial charge in [0.05, 0.1) is 82.6 Å². The molecule has 0 fully saturated rings. The predicted molar refractivity (Wildman–Crippen MR) is 516 cm³/mol. The second-order valence-corrected chi connectivity index (χ2v) is 39.6. The number of aromatic nitrogens is 4. The zero-order valence-electron chi connectivity index (χ0n) is 75.5. The van der Waals surface area contributed by atoms with Gasteiger partial charge in [-0.15, -0.1) is 0 Å². The van der Waals surface area contributed by atoms with Gasteiger partial charge in [-0.05, 0) is 215 Å². The first-order chi connectivity index (χ1) is 65.5. The van der Waals surface area contributed by atoms with Gasteiger partial charge < -0.3 is 104 Å². The van der Waals surface area contributed by atoms with Gasteiger partial charge in [0.25, 0.3) is 0 Å². The van der Waals surface area contributed by atoms with Gasteiger partial charge in [0, 0.05) is 111 Å². The van der Waals surface area contributed by atoms with Crippen molar-refractivity contribution in [2.75, 3.05) is 88.8 Å². The average molecular weight is 2080 g/mol. The largest absolute Gasteiger partial charge is 0.481 e. The molecule has 762 valence electrons. The van der Waals surface area contributed by atoms with E-state index < -0.39 is 140 Å².